The molecule has 15 heavy (non-hydrogen) atoms. The number of hydrogen-bond acceptors (Lipinski definition) is 3. The van der Waals surface area contributed by atoms with Crippen LogP contribution in [0.25, 0.3) is 0 Å². The molecule has 0 aromatic carbocycles. The molecule has 0 unspecified atom stereocenters. The molecule has 4 nitrogen and oxygen atoms in total. The Morgan fingerprint density at radius 1 is 1.40 bits per heavy atom. The number of nitrogens with one attached hydrogen (secondary N) is 1. The maximum absolute atomic E-state index is 11.5. The van der Waals surface area contributed by atoms with Crippen LogP contribution in [0.5, 0.6) is 0 Å². The molecule has 1 aromatic heterocycles. The second-order valence-electron chi connectivity index (χ2n) is 2.96. The SMILES string of the molecule is CC(C)=NNC(=O)c1nc(Cl)ccc1Cl. The van der Waals surface area contributed by atoms with Gasteiger partial charge in [0, 0.05) is 5.71 Å². The van der Waals surface area contributed by atoms with E-state index in [9.17, 15) is 4.79 Å². The topological polar surface area (TPSA) is 54.4 Å². The molecule has 6 heteroatoms. The smallest absolute Gasteiger partial charge is 0.265 e. The summed E-state index contributed by atoms with van der Waals surface area (Å²) >= 11 is 11.4. The zero-order valence-corrected chi connectivity index (χ0v) is 9.73. The van der Waals surface area contributed by atoms with Crippen molar-refractivity contribution in [3.05, 3.63) is 28.0 Å². The molecule has 0 bridgehead atoms. The summed E-state index contributed by atoms with van der Waals surface area (Å²) in [5, 5.41) is 4.19. The number of carbonyl (C=O) groups excluding carboxylic acids is 1. The van der Waals surface area contributed by atoms with E-state index in [-0.39, 0.29) is 15.9 Å². The summed E-state index contributed by atoms with van der Waals surface area (Å²) < 4.78 is 0. The predicted octanol–water partition coefficient (Wildman–Crippen LogP) is 2.51. The van der Waals surface area contributed by atoms with Gasteiger partial charge in [0.1, 0.15) is 10.8 Å². The third kappa shape index (κ3) is 3.49. The molecule has 0 saturated carbocycles. The maximum atomic E-state index is 11.5. The lowest BCUT2D eigenvalue weighted by molar-refractivity contribution is 0.0950. The number of hydrogen-bond donors (Lipinski definition) is 1. The number of nitrogens with zero attached hydrogens (tertiary/aromatic N) is 2. The molecule has 0 radical (unpaired) electrons. The van der Waals surface area contributed by atoms with Crippen LogP contribution in [0.4, 0.5) is 0 Å². The van der Waals surface area contributed by atoms with Crippen LogP contribution in [0.1, 0.15) is 24.3 Å². The number of pyridine rings is 1. The highest BCUT2D eigenvalue weighted by Gasteiger charge is 2.11. The van der Waals surface area contributed by atoms with Crippen molar-refractivity contribution in [3.8, 4) is 0 Å². The first kappa shape index (κ1) is 11.9. The van der Waals surface area contributed by atoms with E-state index in [2.05, 4.69) is 15.5 Å². The van der Waals surface area contributed by atoms with Gasteiger partial charge in [0.05, 0.1) is 5.02 Å². The van der Waals surface area contributed by atoms with Crippen LogP contribution >= 0.6 is 23.2 Å². The van der Waals surface area contributed by atoms with Gasteiger partial charge in [0.2, 0.25) is 0 Å². The molecular weight excluding hydrogens is 237 g/mol. The Kier molecular flexibility index (Phi) is 4.05. The van der Waals surface area contributed by atoms with Crippen molar-refractivity contribution < 1.29 is 4.79 Å². The number of carbonyl (C=O) groups is 1. The minimum absolute atomic E-state index is 0.0640. The summed E-state index contributed by atoms with van der Waals surface area (Å²) in [5.41, 5.74) is 3.10. The molecule has 0 aliphatic carbocycles. The van der Waals surface area contributed by atoms with Crippen LogP contribution in [0.15, 0.2) is 17.2 Å². The number of rotatable bonds is 2. The van der Waals surface area contributed by atoms with Crippen LogP contribution in [0, 0.1) is 0 Å². The Bertz CT molecular complexity index is 414. The van der Waals surface area contributed by atoms with E-state index in [1.54, 1.807) is 13.8 Å². The molecule has 0 fully saturated rings. The lowest BCUT2D eigenvalue weighted by Gasteiger charge is -2.02. The van der Waals surface area contributed by atoms with E-state index in [0.29, 0.717) is 0 Å². The minimum Gasteiger partial charge on any atom is -0.265 e. The summed E-state index contributed by atoms with van der Waals surface area (Å²) in [6, 6.07) is 3.02. The second kappa shape index (κ2) is 5.09. The predicted molar refractivity (Wildman–Crippen MR) is 60.5 cm³/mol. The molecule has 1 rings (SSSR count). The molecule has 0 saturated heterocycles. The third-order valence-corrected chi connectivity index (χ3v) is 1.92. The average molecular weight is 246 g/mol. The Labute approximate surface area is 97.3 Å². The highest BCUT2D eigenvalue weighted by molar-refractivity contribution is 6.34. The first-order valence-electron chi connectivity index (χ1n) is 4.14. The molecule has 0 aliphatic rings. The minimum atomic E-state index is -0.483. The largest absolute Gasteiger partial charge is 0.291 e. The Balaban J connectivity index is 2.91. The van der Waals surface area contributed by atoms with Crippen LogP contribution in [0.3, 0.4) is 0 Å². The normalized spacial score (nSPS) is 9.60. The van der Waals surface area contributed by atoms with Gasteiger partial charge in [-0.2, -0.15) is 5.10 Å². The monoisotopic (exact) mass is 245 g/mol. The number of amides is 1. The highest BCUT2D eigenvalue weighted by atomic mass is 35.5. The van der Waals surface area contributed by atoms with Gasteiger partial charge in [0.15, 0.2) is 0 Å². The van der Waals surface area contributed by atoms with E-state index < -0.39 is 5.91 Å². The van der Waals surface area contributed by atoms with E-state index in [4.69, 9.17) is 23.2 Å². The molecule has 1 N–H and O–H groups in total. The molecule has 1 aromatic rings. The zero-order chi connectivity index (χ0) is 11.4. The fourth-order valence-corrected chi connectivity index (χ4v) is 1.13. The molecule has 1 amide bonds. The molecule has 0 atom stereocenters. The van der Waals surface area contributed by atoms with Gasteiger partial charge in [-0.15, -0.1) is 0 Å². The Morgan fingerprint density at radius 3 is 2.67 bits per heavy atom. The van der Waals surface area contributed by atoms with Crippen molar-refractivity contribution in [3.63, 3.8) is 0 Å². The molecule has 0 aliphatic heterocycles. The van der Waals surface area contributed by atoms with Crippen LogP contribution < -0.4 is 5.43 Å². The van der Waals surface area contributed by atoms with Crippen LogP contribution in [-0.4, -0.2) is 16.6 Å². The van der Waals surface area contributed by atoms with Crippen molar-refractivity contribution in [2.24, 2.45) is 5.10 Å². The van der Waals surface area contributed by atoms with Gasteiger partial charge in [-0.05, 0) is 26.0 Å². The fraction of sp³-hybridized carbons (Fsp3) is 0.222. The van der Waals surface area contributed by atoms with Gasteiger partial charge < -0.3 is 0 Å². The molecule has 80 valence electrons. The number of halogens is 2. The van der Waals surface area contributed by atoms with Gasteiger partial charge in [-0.25, -0.2) is 10.4 Å². The summed E-state index contributed by atoms with van der Waals surface area (Å²) in [6.45, 7) is 3.51. The Hall–Kier alpha value is -1.13. The van der Waals surface area contributed by atoms with Crippen molar-refractivity contribution in [1.82, 2.24) is 10.4 Å². The van der Waals surface area contributed by atoms with Gasteiger partial charge in [-0.1, -0.05) is 23.2 Å². The lowest BCUT2D eigenvalue weighted by atomic mass is 10.3. The van der Waals surface area contributed by atoms with E-state index in [0.717, 1.165) is 5.71 Å². The van der Waals surface area contributed by atoms with E-state index >= 15 is 0 Å². The first-order chi connectivity index (χ1) is 7.00. The van der Waals surface area contributed by atoms with Gasteiger partial charge in [0.25, 0.3) is 5.91 Å². The Morgan fingerprint density at radius 2 is 2.07 bits per heavy atom. The summed E-state index contributed by atoms with van der Waals surface area (Å²) in [7, 11) is 0. The number of aromatic nitrogens is 1. The average Bonchev–Trinajstić information content (AvgIpc) is 2.18. The molecule has 1 heterocycles. The van der Waals surface area contributed by atoms with Crippen LogP contribution in [-0.2, 0) is 0 Å². The van der Waals surface area contributed by atoms with Crippen molar-refractivity contribution in [2.75, 3.05) is 0 Å². The van der Waals surface area contributed by atoms with Crippen molar-refractivity contribution in [1.29, 1.82) is 0 Å². The second-order valence-corrected chi connectivity index (χ2v) is 3.76. The van der Waals surface area contributed by atoms with Crippen molar-refractivity contribution >= 4 is 34.8 Å². The van der Waals surface area contributed by atoms with Crippen molar-refractivity contribution in [2.45, 2.75) is 13.8 Å². The third-order valence-electron chi connectivity index (χ3n) is 1.41. The molecule has 0 spiro atoms. The van der Waals surface area contributed by atoms with E-state index in [1.807, 2.05) is 0 Å². The summed E-state index contributed by atoms with van der Waals surface area (Å²) in [4.78, 5) is 15.3. The lowest BCUT2D eigenvalue weighted by Crippen LogP contribution is -2.20. The van der Waals surface area contributed by atoms with E-state index in [1.165, 1.54) is 12.1 Å². The van der Waals surface area contributed by atoms with Crippen LogP contribution in [0.2, 0.25) is 10.2 Å². The quantitative estimate of drug-likeness (QED) is 0.495. The van der Waals surface area contributed by atoms with Gasteiger partial charge in [-0.3, -0.25) is 4.79 Å². The number of hydrazone groups is 1. The zero-order valence-electron chi connectivity index (χ0n) is 8.21. The summed E-state index contributed by atoms with van der Waals surface area (Å²) in [6.07, 6.45) is 0. The highest BCUT2D eigenvalue weighted by Crippen LogP contribution is 2.16. The first-order valence-corrected chi connectivity index (χ1v) is 4.89. The summed E-state index contributed by atoms with van der Waals surface area (Å²) in [5.74, 6) is -0.483. The molecular formula is C9H9Cl2N3O. The van der Waals surface area contributed by atoms with Gasteiger partial charge >= 0.3 is 0 Å². The fourth-order valence-electron chi connectivity index (χ4n) is 0.793. The maximum Gasteiger partial charge on any atom is 0.291 e. The standard InChI is InChI=1S/C9H9Cl2N3O/c1-5(2)13-14-9(15)8-6(10)3-4-7(11)12-8/h3-4H,1-2H3,(H,14,15).